The van der Waals surface area contributed by atoms with E-state index in [1.54, 1.807) is 0 Å². The van der Waals surface area contributed by atoms with Crippen LogP contribution in [0.25, 0.3) is 0 Å². The highest BCUT2D eigenvalue weighted by Gasteiger charge is 2.18. The van der Waals surface area contributed by atoms with Crippen LogP contribution >= 0.6 is 0 Å². The fourth-order valence-electron chi connectivity index (χ4n) is 3.15. The summed E-state index contributed by atoms with van der Waals surface area (Å²) in [6.07, 6.45) is 5.13. The molecule has 0 saturated carbocycles. The van der Waals surface area contributed by atoms with E-state index >= 15 is 0 Å². The van der Waals surface area contributed by atoms with Crippen LogP contribution in [0.3, 0.4) is 0 Å². The average Bonchev–Trinajstić information content (AvgIpc) is 2.95. The molecule has 0 radical (unpaired) electrons. The molecule has 2 fully saturated rings. The van der Waals surface area contributed by atoms with E-state index in [0.29, 0.717) is 5.92 Å². The topological polar surface area (TPSA) is 21.3 Å². The molecule has 2 heterocycles. The maximum absolute atomic E-state index is 5.45. The monoisotopic (exact) mass is 245 g/mol. The SMILES string of the molecule is c1cc(C2CCOC2)ccc1CC1CCCNC1. The number of rotatable bonds is 3. The standard InChI is InChI=1S/C16H23NO/c1-2-14(11-17-8-1)10-13-3-5-15(6-4-13)16-7-9-18-12-16/h3-6,14,16-17H,1-2,7-12H2. The van der Waals surface area contributed by atoms with Gasteiger partial charge in [-0.2, -0.15) is 0 Å². The maximum atomic E-state index is 5.45. The van der Waals surface area contributed by atoms with Crippen molar-refractivity contribution in [2.75, 3.05) is 26.3 Å². The van der Waals surface area contributed by atoms with Crippen LogP contribution in [0.2, 0.25) is 0 Å². The first-order chi connectivity index (χ1) is 8.92. The number of piperidine rings is 1. The van der Waals surface area contributed by atoms with Crippen molar-refractivity contribution >= 4 is 0 Å². The van der Waals surface area contributed by atoms with Crippen LogP contribution < -0.4 is 5.32 Å². The highest BCUT2D eigenvalue weighted by molar-refractivity contribution is 5.26. The summed E-state index contributed by atoms with van der Waals surface area (Å²) in [6, 6.07) is 9.26. The van der Waals surface area contributed by atoms with Gasteiger partial charge in [0.15, 0.2) is 0 Å². The molecule has 0 amide bonds. The highest BCUT2D eigenvalue weighted by Crippen LogP contribution is 2.26. The van der Waals surface area contributed by atoms with Crippen molar-refractivity contribution in [1.82, 2.24) is 5.32 Å². The first-order valence-electron chi connectivity index (χ1n) is 7.29. The zero-order valence-electron chi connectivity index (χ0n) is 11.0. The largest absolute Gasteiger partial charge is 0.381 e. The minimum atomic E-state index is 0.635. The molecule has 1 N–H and O–H groups in total. The van der Waals surface area contributed by atoms with E-state index in [0.717, 1.165) is 19.1 Å². The summed E-state index contributed by atoms with van der Waals surface area (Å²) < 4.78 is 5.45. The Balaban J connectivity index is 1.59. The molecule has 0 aromatic heterocycles. The van der Waals surface area contributed by atoms with Gasteiger partial charge in [-0.25, -0.2) is 0 Å². The second-order valence-corrected chi connectivity index (χ2v) is 5.72. The molecule has 1 aromatic carbocycles. The molecule has 1 aromatic rings. The Bertz CT molecular complexity index is 361. The van der Waals surface area contributed by atoms with Crippen LogP contribution in [0.15, 0.2) is 24.3 Å². The van der Waals surface area contributed by atoms with Crippen molar-refractivity contribution in [3.63, 3.8) is 0 Å². The third-order valence-electron chi connectivity index (χ3n) is 4.30. The first-order valence-corrected chi connectivity index (χ1v) is 7.29. The summed E-state index contributed by atoms with van der Waals surface area (Å²) in [6.45, 7) is 4.24. The van der Waals surface area contributed by atoms with E-state index in [1.807, 2.05) is 0 Å². The van der Waals surface area contributed by atoms with Crippen LogP contribution in [0.5, 0.6) is 0 Å². The molecule has 2 unspecified atom stereocenters. The fourth-order valence-corrected chi connectivity index (χ4v) is 3.15. The lowest BCUT2D eigenvalue weighted by atomic mass is 9.91. The van der Waals surface area contributed by atoms with E-state index in [-0.39, 0.29) is 0 Å². The van der Waals surface area contributed by atoms with Gasteiger partial charge in [-0.15, -0.1) is 0 Å². The Morgan fingerprint density at radius 1 is 1.17 bits per heavy atom. The van der Waals surface area contributed by atoms with E-state index in [4.69, 9.17) is 4.74 Å². The lowest BCUT2D eigenvalue weighted by Gasteiger charge is -2.22. The van der Waals surface area contributed by atoms with Crippen molar-refractivity contribution in [2.24, 2.45) is 5.92 Å². The molecule has 0 bridgehead atoms. The van der Waals surface area contributed by atoms with Crippen LogP contribution in [0, 0.1) is 5.92 Å². The van der Waals surface area contributed by atoms with Gasteiger partial charge in [-0.05, 0) is 55.8 Å². The Hall–Kier alpha value is -0.860. The number of benzene rings is 1. The van der Waals surface area contributed by atoms with Gasteiger partial charge >= 0.3 is 0 Å². The molecule has 2 aliphatic heterocycles. The van der Waals surface area contributed by atoms with Crippen LogP contribution in [-0.2, 0) is 11.2 Å². The predicted octanol–water partition coefficient (Wildman–Crippen LogP) is 2.73. The highest BCUT2D eigenvalue weighted by atomic mass is 16.5. The van der Waals surface area contributed by atoms with E-state index in [2.05, 4.69) is 29.6 Å². The van der Waals surface area contributed by atoms with Gasteiger partial charge < -0.3 is 10.1 Å². The van der Waals surface area contributed by atoms with Gasteiger partial charge in [-0.1, -0.05) is 24.3 Å². The molecule has 2 nitrogen and oxygen atoms in total. The Morgan fingerprint density at radius 2 is 2.06 bits per heavy atom. The molecule has 3 rings (SSSR count). The van der Waals surface area contributed by atoms with E-state index in [1.165, 1.54) is 49.9 Å². The minimum Gasteiger partial charge on any atom is -0.381 e. The molecule has 2 aliphatic rings. The second kappa shape index (κ2) is 5.85. The normalized spacial score (nSPS) is 28.4. The summed E-state index contributed by atoms with van der Waals surface area (Å²) in [5.41, 5.74) is 2.95. The maximum Gasteiger partial charge on any atom is 0.0535 e. The second-order valence-electron chi connectivity index (χ2n) is 5.72. The Labute approximate surface area is 110 Å². The van der Waals surface area contributed by atoms with Gasteiger partial charge in [0.05, 0.1) is 6.61 Å². The minimum absolute atomic E-state index is 0.635. The Kier molecular flexibility index (Phi) is 3.96. The van der Waals surface area contributed by atoms with Gasteiger partial charge in [-0.3, -0.25) is 0 Å². The number of ether oxygens (including phenoxy) is 1. The van der Waals surface area contributed by atoms with Crippen molar-refractivity contribution in [3.8, 4) is 0 Å². The lowest BCUT2D eigenvalue weighted by Crippen LogP contribution is -2.30. The summed E-state index contributed by atoms with van der Waals surface area (Å²) in [4.78, 5) is 0. The summed E-state index contributed by atoms with van der Waals surface area (Å²) in [5, 5.41) is 3.49. The zero-order chi connectivity index (χ0) is 12.2. The van der Waals surface area contributed by atoms with Gasteiger partial charge in [0.25, 0.3) is 0 Å². The summed E-state index contributed by atoms with van der Waals surface area (Å²) in [7, 11) is 0. The van der Waals surface area contributed by atoms with Crippen molar-refractivity contribution < 1.29 is 4.74 Å². The molecular formula is C16H23NO. The summed E-state index contributed by atoms with van der Waals surface area (Å²) >= 11 is 0. The average molecular weight is 245 g/mol. The number of hydrogen-bond acceptors (Lipinski definition) is 2. The molecule has 2 heteroatoms. The van der Waals surface area contributed by atoms with Crippen molar-refractivity contribution in [3.05, 3.63) is 35.4 Å². The molecule has 2 saturated heterocycles. The fraction of sp³-hybridized carbons (Fsp3) is 0.625. The molecular weight excluding hydrogens is 222 g/mol. The van der Waals surface area contributed by atoms with Crippen molar-refractivity contribution in [1.29, 1.82) is 0 Å². The number of hydrogen-bond donors (Lipinski definition) is 1. The van der Waals surface area contributed by atoms with E-state index < -0.39 is 0 Å². The Morgan fingerprint density at radius 3 is 2.72 bits per heavy atom. The molecule has 0 spiro atoms. The molecule has 2 atom stereocenters. The van der Waals surface area contributed by atoms with Crippen LogP contribution in [-0.4, -0.2) is 26.3 Å². The number of nitrogens with one attached hydrogen (secondary N) is 1. The van der Waals surface area contributed by atoms with E-state index in [9.17, 15) is 0 Å². The first kappa shape index (κ1) is 12.2. The zero-order valence-corrected chi connectivity index (χ0v) is 11.0. The van der Waals surface area contributed by atoms with Crippen LogP contribution in [0.1, 0.15) is 36.3 Å². The molecule has 98 valence electrons. The van der Waals surface area contributed by atoms with Crippen LogP contribution in [0.4, 0.5) is 0 Å². The third kappa shape index (κ3) is 2.93. The van der Waals surface area contributed by atoms with Gasteiger partial charge in [0.2, 0.25) is 0 Å². The van der Waals surface area contributed by atoms with Crippen molar-refractivity contribution in [2.45, 2.75) is 31.6 Å². The predicted molar refractivity (Wildman–Crippen MR) is 73.9 cm³/mol. The smallest absolute Gasteiger partial charge is 0.0535 e. The van der Waals surface area contributed by atoms with Gasteiger partial charge in [0, 0.05) is 12.5 Å². The third-order valence-corrected chi connectivity index (χ3v) is 4.30. The lowest BCUT2D eigenvalue weighted by molar-refractivity contribution is 0.194. The quantitative estimate of drug-likeness (QED) is 0.884. The summed E-state index contributed by atoms with van der Waals surface area (Å²) in [5.74, 6) is 1.47. The molecule has 0 aliphatic carbocycles. The molecule has 18 heavy (non-hydrogen) atoms. The van der Waals surface area contributed by atoms with Gasteiger partial charge in [0.1, 0.15) is 0 Å².